The Morgan fingerprint density at radius 1 is 1.08 bits per heavy atom. The molecule has 7 heteroatoms. The number of hydrogen-bond acceptors (Lipinski definition) is 3. The average molecular weight is 347 g/mol. The molecule has 2 atom stereocenters. The summed E-state index contributed by atoms with van der Waals surface area (Å²) in [4.78, 5) is 3.82. The Balaban J connectivity index is 2.09. The first kappa shape index (κ1) is 17.2. The molecule has 3 aromatic rings. The molecule has 25 heavy (non-hydrogen) atoms. The number of halogens is 3. The molecule has 1 N–H and O–H groups in total. The van der Waals surface area contributed by atoms with Crippen molar-refractivity contribution in [3.05, 3.63) is 83.7 Å². The smallest absolute Gasteiger partial charge is 0.137 e. The van der Waals surface area contributed by atoms with Crippen molar-refractivity contribution in [2.45, 2.75) is 25.0 Å². The van der Waals surface area contributed by atoms with Crippen LogP contribution >= 0.6 is 0 Å². The molecular formula is C18H16F3N3O. The summed E-state index contributed by atoms with van der Waals surface area (Å²) in [7, 11) is 0. The predicted molar refractivity (Wildman–Crippen MR) is 85.1 cm³/mol. The highest BCUT2D eigenvalue weighted by molar-refractivity contribution is 5.32. The van der Waals surface area contributed by atoms with Gasteiger partial charge in [-0.25, -0.2) is 22.8 Å². The normalized spacial score (nSPS) is 14.9. The molecule has 4 nitrogen and oxygen atoms in total. The van der Waals surface area contributed by atoms with Crippen LogP contribution in [-0.2, 0) is 12.1 Å². The molecule has 2 unspecified atom stereocenters. The molecule has 0 fully saturated rings. The van der Waals surface area contributed by atoms with Gasteiger partial charge in [0.15, 0.2) is 0 Å². The standard InChI is InChI=1S/C18H16F3N3O/c1-12(13-2-4-14(19)5-3-13)18(25,9-24-11-22-10-23-24)16-7-6-15(20)8-17(16)21/h2-8,10-12,25H,9H2,1H3. The van der Waals surface area contributed by atoms with E-state index in [0.717, 1.165) is 12.1 Å². The SMILES string of the molecule is CC(c1ccc(F)cc1)C(O)(Cn1cncn1)c1ccc(F)cc1F. The summed E-state index contributed by atoms with van der Waals surface area (Å²) in [5.74, 6) is -2.64. The van der Waals surface area contributed by atoms with E-state index in [2.05, 4.69) is 10.1 Å². The van der Waals surface area contributed by atoms with E-state index < -0.39 is 29.0 Å². The fraction of sp³-hybridized carbons (Fsp3) is 0.222. The zero-order valence-electron chi connectivity index (χ0n) is 13.4. The van der Waals surface area contributed by atoms with Crippen molar-refractivity contribution in [1.82, 2.24) is 14.8 Å². The Kier molecular flexibility index (Phi) is 4.59. The zero-order valence-corrected chi connectivity index (χ0v) is 13.4. The van der Waals surface area contributed by atoms with Gasteiger partial charge < -0.3 is 5.11 Å². The summed E-state index contributed by atoms with van der Waals surface area (Å²) in [5, 5.41) is 15.3. The molecule has 0 bridgehead atoms. The maximum Gasteiger partial charge on any atom is 0.137 e. The summed E-state index contributed by atoms with van der Waals surface area (Å²) >= 11 is 0. The molecule has 2 aromatic carbocycles. The highest BCUT2D eigenvalue weighted by atomic mass is 19.1. The lowest BCUT2D eigenvalue weighted by molar-refractivity contribution is -0.0112. The number of aromatic nitrogens is 3. The molecule has 0 spiro atoms. The third-order valence-corrected chi connectivity index (χ3v) is 4.35. The molecule has 1 heterocycles. The summed E-state index contributed by atoms with van der Waals surface area (Å²) in [5.41, 5.74) is -1.21. The van der Waals surface area contributed by atoms with E-state index in [1.807, 2.05) is 0 Å². The summed E-state index contributed by atoms with van der Waals surface area (Å²) < 4.78 is 42.3. The molecular weight excluding hydrogens is 331 g/mol. The Hall–Kier alpha value is -2.67. The molecule has 0 saturated heterocycles. The van der Waals surface area contributed by atoms with Crippen molar-refractivity contribution in [3.63, 3.8) is 0 Å². The second-order valence-corrected chi connectivity index (χ2v) is 5.91. The lowest BCUT2D eigenvalue weighted by Gasteiger charge is -2.35. The third kappa shape index (κ3) is 3.41. The molecule has 0 radical (unpaired) electrons. The minimum atomic E-state index is -1.75. The van der Waals surface area contributed by atoms with Crippen LogP contribution in [0.15, 0.2) is 55.1 Å². The van der Waals surface area contributed by atoms with Crippen molar-refractivity contribution in [1.29, 1.82) is 0 Å². The quantitative estimate of drug-likeness (QED) is 0.770. The Morgan fingerprint density at radius 3 is 2.36 bits per heavy atom. The maximum atomic E-state index is 14.4. The molecule has 1 aromatic heterocycles. The van der Waals surface area contributed by atoms with Gasteiger partial charge >= 0.3 is 0 Å². The average Bonchev–Trinajstić information content (AvgIpc) is 3.07. The van der Waals surface area contributed by atoms with Gasteiger partial charge in [0.1, 0.15) is 35.7 Å². The van der Waals surface area contributed by atoms with Gasteiger partial charge in [0.2, 0.25) is 0 Å². The van der Waals surface area contributed by atoms with Gasteiger partial charge in [-0.15, -0.1) is 0 Å². The van der Waals surface area contributed by atoms with Crippen molar-refractivity contribution >= 4 is 0 Å². The van der Waals surface area contributed by atoms with E-state index in [1.165, 1.54) is 47.7 Å². The topological polar surface area (TPSA) is 50.9 Å². The van der Waals surface area contributed by atoms with Crippen molar-refractivity contribution < 1.29 is 18.3 Å². The van der Waals surface area contributed by atoms with Gasteiger partial charge in [-0.05, 0) is 23.8 Å². The van der Waals surface area contributed by atoms with Gasteiger partial charge in [-0.3, -0.25) is 0 Å². The van der Waals surface area contributed by atoms with Gasteiger partial charge in [0, 0.05) is 17.5 Å². The Morgan fingerprint density at radius 2 is 1.76 bits per heavy atom. The summed E-state index contributed by atoms with van der Waals surface area (Å²) in [6.07, 6.45) is 2.69. The van der Waals surface area contributed by atoms with Crippen LogP contribution in [-0.4, -0.2) is 19.9 Å². The predicted octanol–water partition coefficient (Wildman–Crippen LogP) is 3.39. The number of benzene rings is 2. The number of hydrogen-bond donors (Lipinski definition) is 1. The molecule has 0 aliphatic carbocycles. The van der Waals surface area contributed by atoms with Gasteiger partial charge in [0.25, 0.3) is 0 Å². The largest absolute Gasteiger partial charge is 0.382 e. The number of rotatable bonds is 5. The molecule has 0 aliphatic heterocycles. The zero-order chi connectivity index (χ0) is 18.0. The van der Waals surface area contributed by atoms with Crippen LogP contribution in [0.2, 0.25) is 0 Å². The number of aliphatic hydroxyl groups is 1. The monoisotopic (exact) mass is 347 g/mol. The lowest BCUT2D eigenvalue weighted by atomic mass is 9.78. The van der Waals surface area contributed by atoms with E-state index in [9.17, 15) is 18.3 Å². The minimum absolute atomic E-state index is 0.0683. The Bertz CT molecular complexity index is 853. The van der Waals surface area contributed by atoms with Crippen molar-refractivity contribution in [2.24, 2.45) is 0 Å². The molecule has 0 saturated carbocycles. The van der Waals surface area contributed by atoms with E-state index >= 15 is 0 Å². The number of nitrogens with zero attached hydrogens (tertiary/aromatic N) is 3. The van der Waals surface area contributed by atoms with Crippen molar-refractivity contribution in [2.75, 3.05) is 0 Å². The maximum absolute atomic E-state index is 14.4. The van der Waals surface area contributed by atoms with Crippen LogP contribution in [0.25, 0.3) is 0 Å². The summed E-state index contributed by atoms with van der Waals surface area (Å²) in [6, 6.07) is 8.59. The molecule has 0 aliphatic rings. The van der Waals surface area contributed by atoms with E-state index in [0.29, 0.717) is 5.56 Å². The van der Waals surface area contributed by atoms with Crippen LogP contribution in [0.3, 0.4) is 0 Å². The van der Waals surface area contributed by atoms with Gasteiger partial charge in [-0.1, -0.05) is 25.1 Å². The van der Waals surface area contributed by atoms with Crippen LogP contribution in [0, 0.1) is 17.5 Å². The van der Waals surface area contributed by atoms with E-state index in [4.69, 9.17) is 0 Å². The molecule has 130 valence electrons. The lowest BCUT2D eigenvalue weighted by Crippen LogP contribution is -2.38. The highest BCUT2D eigenvalue weighted by Crippen LogP contribution is 2.39. The fourth-order valence-corrected chi connectivity index (χ4v) is 2.88. The fourth-order valence-electron chi connectivity index (χ4n) is 2.88. The molecule has 0 amide bonds. The third-order valence-electron chi connectivity index (χ3n) is 4.35. The van der Waals surface area contributed by atoms with E-state index in [-0.39, 0.29) is 12.1 Å². The second kappa shape index (κ2) is 6.68. The molecule has 3 rings (SSSR count). The second-order valence-electron chi connectivity index (χ2n) is 5.91. The Labute approximate surface area is 142 Å². The highest BCUT2D eigenvalue weighted by Gasteiger charge is 2.39. The van der Waals surface area contributed by atoms with Crippen LogP contribution < -0.4 is 0 Å². The first-order valence-corrected chi connectivity index (χ1v) is 7.66. The minimum Gasteiger partial charge on any atom is -0.382 e. The first-order chi connectivity index (χ1) is 11.9. The van der Waals surface area contributed by atoms with Gasteiger partial charge in [0.05, 0.1) is 6.54 Å². The van der Waals surface area contributed by atoms with Crippen LogP contribution in [0.1, 0.15) is 24.0 Å². The first-order valence-electron chi connectivity index (χ1n) is 7.66. The van der Waals surface area contributed by atoms with Crippen LogP contribution in [0.5, 0.6) is 0 Å². The van der Waals surface area contributed by atoms with Gasteiger partial charge in [-0.2, -0.15) is 5.10 Å². The van der Waals surface area contributed by atoms with Crippen molar-refractivity contribution in [3.8, 4) is 0 Å². The van der Waals surface area contributed by atoms with Crippen LogP contribution in [0.4, 0.5) is 13.2 Å². The van der Waals surface area contributed by atoms with E-state index in [1.54, 1.807) is 6.92 Å². The summed E-state index contributed by atoms with van der Waals surface area (Å²) in [6.45, 7) is 1.58.